The van der Waals surface area contributed by atoms with Crippen LogP contribution in [0.5, 0.6) is 0 Å². The lowest BCUT2D eigenvalue weighted by molar-refractivity contribution is -0.136. The van der Waals surface area contributed by atoms with Gasteiger partial charge in [-0.3, -0.25) is 4.79 Å². The molecule has 0 rings (SSSR count). The SMILES string of the molecule is O=C(O)CCNC(=O)NCC(F)F. The number of nitrogens with one attached hydrogen (secondary N) is 2. The second kappa shape index (κ2) is 6.15. The van der Waals surface area contributed by atoms with Gasteiger partial charge in [0.2, 0.25) is 0 Å². The molecular weight excluding hydrogens is 186 g/mol. The average Bonchev–Trinajstić information content (AvgIpc) is 2.00. The third kappa shape index (κ3) is 8.51. The monoisotopic (exact) mass is 196 g/mol. The molecule has 0 aliphatic carbocycles. The summed E-state index contributed by atoms with van der Waals surface area (Å²) in [4.78, 5) is 20.5. The van der Waals surface area contributed by atoms with Crippen LogP contribution in [0.15, 0.2) is 0 Å². The number of halogens is 2. The number of aliphatic carboxylic acids is 1. The fraction of sp³-hybridized carbons (Fsp3) is 0.667. The van der Waals surface area contributed by atoms with Gasteiger partial charge in [-0.1, -0.05) is 0 Å². The molecule has 0 atom stereocenters. The number of urea groups is 1. The Hall–Kier alpha value is -1.40. The summed E-state index contributed by atoms with van der Waals surface area (Å²) in [5.74, 6) is -1.06. The molecule has 13 heavy (non-hydrogen) atoms. The predicted octanol–water partition coefficient (Wildman–Crippen LogP) is 0.0254. The van der Waals surface area contributed by atoms with E-state index < -0.39 is 25.0 Å². The van der Waals surface area contributed by atoms with Crippen LogP contribution in [-0.4, -0.2) is 36.6 Å². The number of hydrogen-bond donors (Lipinski definition) is 3. The van der Waals surface area contributed by atoms with Crippen molar-refractivity contribution in [1.82, 2.24) is 10.6 Å². The molecule has 0 heterocycles. The minimum absolute atomic E-state index is 0.0790. The molecule has 2 amide bonds. The van der Waals surface area contributed by atoms with Gasteiger partial charge >= 0.3 is 12.0 Å². The van der Waals surface area contributed by atoms with Crippen LogP contribution in [-0.2, 0) is 4.79 Å². The molecule has 7 heteroatoms. The zero-order valence-corrected chi connectivity index (χ0v) is 6.72. The van der Waals surface area contributed by atoms with Crippen LogP contribution >= 0.6 is 0 Å². The highest BCUT2D eigenvalue weighted by atomic mass is 19.3. The Morgan fingerprint density at radius 1 is 1.31 bits per heavy atom. The molecule has 0 radical (unpaired) electrons. The number of rotatable bonds is 5. The normalized spacial score (nSPS) is 9.77. The fourth-order valence-corrected chi connectivity index (χ4v) is 0.515. The van der Waals surface area contributed by atoms with Crippen molar-refractivity contribution in [1.29, 1.82) is 0 Å². The topological polar surface area (TPSA) is 78.4 Å². The van der Waals surface area contributed by atoms with Crippen LogP contribution in [0.4, 0.5) is 13.6 Å². The zero-order chi connectivity index (χ0) is 10.3. The van der Waals surface area contributed by atoms with E-state index >= 15 is 0 Å². The Morgan fingerprint density at radius 2 is 1.92 bits per heavy atom. The van der Waals surface area contributed by atoms with Crippen molar-refractivity contribution in [3.63, 3.8) is 0 Å². The van der Waals surface area contributed by atoms with Gasteiger partial charge in [0.25, 0.3) is 6.43 Å². The summed E-state index contributed by atoms with van der Waals surface area (Å²) in [6.07, 6.45) is -2.84. The first-order valence-corrected chi connectivity index (χ1v) is 3.54. The maximum Gasteiger partial charge on any atom is 0.314 e. The predicted molar refractivity (Wildman–Crippen MR) is 39.7 cm³/mol. The van der Waals surface area contributed by atoms with Gasteiger partial charge in [0.1, 0.15) is 0 Å². The molecule has 0 unspecified atom stereocenters. The quantitative estimate of drug-likeness (QED) is 0.580. The summed E-state index contributed by atoms with van der Waals surface area (Å²) in [6, 6.07) is -0.790. The van der Waals surface area contributed by atoms with E-state index in [9.17, 15) is 18.4 Å². The third-order valence-corrected chi connectivity index (χ3v) is 1.04. The van der Waals surface area contributed by atoms with E-state index in [2.05, 4.69) is 5.32 Å². The Morgan fingerprint density at radius 3 is 2.38 bits per heavy atom. The van der Waals surface area contributed by atoms with E-state index in [4.69, 9.17) is 5.11 Å². The van der Waals surface area contributed by atoms with Gasteiger partial charge in [0.15, 0.2) is 0 Å². The Balaban J connectivity index is 3.35. The number of carboxylic acid groups (broad SMARTS) is 1. The molecule has 0 bridgehead atoms. The summed E-state index contributed by atoms with van der Waals surface area (Å²) in [5, 5.41) is 12.1. The van der Waals surface area contributed by atoms with E-state index in [1.807, 2.05) is 5.32 Å². The van der Waals surface area contributed by atoms with Crippen molar-refractivity contribution in [2.75, 3.05) is 13.1 Å². The molecule has 0 aliphatic rings. The maximum absolute atomic E-state index is 11.5. The van der Waals surface area contributed by atoms with Gasteiger partial charge < -0.3 is 15.7 Å². The van der Waals surface area contributed by atoms with E-state index in [1.54, 1.807) is 0 Å². The maximum atomic E-state index is 11.5. The number of alkyl halides is 2. The second-order valence-corrected chi connectivity index (χ2v) is 2.17. The molecule has 0 aliphatic heterocycles. The smallest absolute Gasteiger partial charge is 0.314 e. The molecule has 0 saturated heterocycles. The Labute approximate surface area is 73.1 Å². The number of carbonyl (C=O) groups is 2. The lowest BCUT2D eigenvalue weighted by Crippen LogP contribution is -2.38. The second-order valence-electron chi connectivity index (χ2n) is 2.17. The van der Waals surface area contributed by atoms with E-state index in [0.717, 1.165) is 0 Å². The van der Waals surface area contributed by atoms with Crippen LogP contribution in [0.1, 0.15) is 6.42 Å². The standard InChI is InChI=1S/C6H10F2N2O3/c7-4(8)3-10-6(13)9-2-1-5(11)12/h4H,1-3H2,(H,11,12)(H2,9,10,13). The van der Waals surface area contributed by atoms with Gasteiger partial charge in [0.05, 0.1) is 13.0 Å². The van der Waals surface area contributed by atoms with Crippen LogP contribution in [0, 0.1) is 0 Å². The number of carbonyl (C=O) groups excluding carboxylic acids is 1. The molecule has 0 saturated carbocycles. The molecule has 0 aromatic heterocycles. The number of amides is 2. The highest BCUT2D eigenvalue weighted by molar-refractivity contribution is 5.74. The van der Waals surface area contributed by atoms with Crippen molar-refractivity contribution < 1.29 is 23.5 Å². The minimum Gasteiger partial charge on any atom is -0.481 e. The number of carboxylic acids is 1. The summed E-state index contributed by atoms with van der Waals surface area (Å²) >= 11 is 0. The van der Waals surface area contributed by atoms with Crippen LogP contribution in [0.25, 0.3) is 0 Å². The molecule has 0 aromatic carbocycles. The summed E-state index contributed by atoms with van der Waals surface area (Å²) < 4.78 is 23.0. The molecular formula is C6H10F2N2O3. The van der Waals surface area contributed by atoms with E-state index in [0.29, 0.717) is 0 Å². The van der Waals surface area contributed by atoms with Crippen LogP contribution < -0.4 is 10.6 Å². The highest BCUT2D eigenvalue weighted by Crippen LogP contribution is 1.87. The lowest BCUT2D eigenvalue weighted by atomic mass is 10.4. The van der Waals surface area contributed by atoms with Crippen molar-refractivity contribution in [2.24, 2.45) is 0 Å². The molecule has 76 valence electrons. The molecule has 3 N–H and O–H groups in total. The molecule has 0 aromatic rings. The summed E-state index contributed by atoms with van der Waals surface area (Å²) in [6.45, 7) is -0.816. The third-order valence-electron chi connectivity index (χ3n) is 1.04. The summed E-state index contributed by atoms with van der Waals surface area (Å²) in [5.41, 5.74) is 0. The van der Waals surface area contributed by atoms with Crippen molar-refractivity contribution in [3.8, 4) is 0 Å². The van der Waals surface area contributed by atoms with Gasteiger partial charge in [-0.2, -0.15) is 0 Å². The van der Waals surface area contributed by atoms with E-state index in [-0.39, 0.29) is 13.0 Å². The summed E-state index contributed by atoms with van der Waals surface area (Å²) in [7, 11) is 0. The molecule has 0 fully saturated rings. The van der Waals surface area contributed by atoms with E-state index in [1.165, 1.54) is 0 Å². The van der Waals surface area contributed by atoms with Gasteiger partial charge in [-0.25, -0.2) is 13.6 Å². The molecule has 5 nitrogen and oxygen atoms in total. The van der Waals surface area contributed by atoms with Crippen molar-refractivity contribution in [3.05, 3.63) is 0 Å². The fourth-order valence-electron chi connectivity index (χ4n) is 0.515. The van der Waals surface area contributed by atoms with Gasteiger partial charge in [0, 0.05) is 6.54 Å². The Kier molecular flexibility index (Phi) is 5.49. The van der Waals surface area contributed by atoms with Crippen molar-refractivity contribution in [2.45, 2.75) is 12.8 Å². The lowest BCUT2D eigenvalue weighted by Gasteiger charge is -2.04. The largest absolute Gasteiger partial charge is 0.481 e. The van der Waals surface area contributed by atoms with Gasteiger partial charge in [-0.05, 0) is 0 Å². The van der Waals surface area contributed by atoms with Crippen LogP contribution in [0.3, 0.4) is 0 Å². The molecule has 0 spiro atoms. The first kappa shape index (κ1) is 11.6. The first-order valence-electron chi connectivity index (χ1n) is 3.54. The average molecular weight is 196 g/mol. The van der Waals surface area contributed by atoms with Crippen molar-refractivity contribution >= 4 is 12.0 Å². The highest BCUT2D eigenvalue weighted by Gasteiger charge is 2.05. The first-order chi connectivity index (χ1) is 6.02. The Bertz CT molecular complexity index is 187. The number of hydrogen-bond acceptors (Lipinski definition) is 2. The van der Waals surface area contributed by atoms with Crippen LogP contribution in [0.2, 0.25) is 0 Å². The minimum atomic E-state index is -2.61. The van der Waals surface area contributed by atoms with Gasteiger partial charge in [-0.15, -0.1) is 0 Å². The zero-order valence-electron chi connectivity index (χ0n) is 6.72.